The second-order valence-electron chi connectivity index (χ2n) is 6.81. The van der Waals surface area contributed by atoms with Gasteiger partial charge in [0.05, 0.1) is 0 Å². The summed E-state index contributed by atoms with van der Waals surface area (Å²) in [5.41, 5.74) is 3.85. The summed E-state index contributed by atoms with van der Waals surface area (Å²) in [6.07, 6.45) is 0. The molecule has 4 rings (SSSR count). The van der Waals surface area contributed by atoms with E-state index < -0.39 is 0 Å². The molecular formula is C23H25N3S. The Hall–Kier alpha value is -2.43. The van der Waals surface area contributed by atoms with Gasteiger partial charge in [-0.25, -0.2) is 0 Å². The average molecular weight is 376 g/mol. The van der Waals surface area contributed by atoms with E-state index in [1.807, 2.05) is 6.07 Å². The number of nitrogens with zero attached hydrogens (tertiary/aromatic N) is 2. The molecule has 138 valence electrons. The highest BCUT2D eigenvalue weighted by Crippen LogP contribution is 2.22. The monoisotopic (exact) mass is 375 g/mol. The smallest absolute Gasteiger partial charge is 0.0443 e. The first kappa shape index (κ1) is 18.0. The highest BCUT2D eigenvalue weighted by atomic mass is 32.2. The van der Waals surface area contributed by atoms with Gasteiger partial charge in [-0.1, -0.05) is 48.5 Å². The average Bonchev–Trinajstić information content (AvgIpc) is 2.75. The minimum Gasteiger partial charge on any atom is -0.369 e. The molecule has 0 spiro atoms. The van der Waals surface area contributed by atoms with Crippen molar-refractivity contribution >= 4 is 23.3 Å². The zero-order valence-electron chi connectivity index (χ0n) is 15.4. The molecule has 27 heavy (non-hydrogen) atoms. The van der Waals surface area contributed by atoms with Crippen molar-refractivity contribution < 1.29 is 0 Å². The molecule has 1 aliphatic rings. The number of hydrogen-bond donors (Lipinski definition) is 1. The zero-order chi connectivity index (χ0) is 18.3. The van der Waals surface area contributed by atoms with Crippen LogP contribution >= 0.6 is 11.9 Å². The van der Waals surface area contributed by atoms with Gasteiger partial charge in [-0.05, 0) is 53.9 Å². The van der Waals surface area contributed by atoms with Crippen LogP contribution in [-0.2, 0) is 6.54 Å². The van der Waals surface area contributed by atoms with Crippen LogP contribution in [0.4, 0.5) is 11.4 Å². The van der Waals surface area contributed by atoms with E-state index >= 15 is 0 Å². The Morgan fingerprint density at radius 1 is 0.704 bits per heavy atom. The lowest BCUT2D eigenvalue weighted by molar-refractivity contribution is 0.250. The zero-order valence-corrected chi connectivity index (χ0v) is 16.2. The fourth-order valence-corrected chi connectivity index (χ4v) is 4.01. The summed E-state index contributed by atoms with van der Waals surface area (Å²) in [4.78, 5) is 6.24. The van der Waals surface area contributed by atoms with Crippen molar-refractivity contribution in [3.63, 3.8) is 0 Å². The quantitative estimate of drug-likeness (QED) is 0.602. The Morgan fingerprint density at radius 3 is 2.00 bits per heavy atom. The molecule has 1 aliphatic heterocycles. The predicted octanol–water partition coefficient (Wildman–Crippen LogP) is 5.13. The fraction of sp³-hybridized carbons (Fsp3) is 0.217. The Balaban J connectivity index is 1.25. The summed E-state index contributed by atoms with van der Waals surface area (Å²) in [5.74, 6) is 0. The van der Waals surface area contributed by atoms with E-state index in [-0.39, 0.29) is 0 Å². The first-order valence-electron chi connectivity index (χ1n) is 9.46. The summed E-state index contributed by atoms with van der Waals surface area (Å²) in [6, 6.07) is 29.9. The first-order chi connectivity index (χ1) is 13.4. The molecule has 1 fully saturated rings. The number of piperazine rings is 1. The molecule has 3 aromatic rings. The SMILES string of the molecule is c1ccc(SNc2ccc(CN3CCN(c4ccccc4)CC3)cc2)cc1. The van der Waals surface area contributed by atoms with Gasteiger partial charge in [-0.2, -0.15) is 0 Å². The van der Waals surface area contributed by atoms with Crippen LogP contribution in [0.3, 0.4) is 0 Å². The van der Waals surface area contributed by atoms with Gasteiger partial charge >= 0.3 is 0 Å². The number of hydrogen-bond acceptors (Lipinski definition) is 4. The maximum absolute atomic E-state index is 3.41. The van der Waals surface area contributed by atoms with E-state index in [0.717, 1.165) is 38.4 Å². The lowest BCUT2D eigenvalue weighted by Gasteiger charge is -2.36. The van der Waals surface area contributed by atoms with Gasteiger partial charge in [0.1, 0.15) is 0 Å². The molecule has 0 aromatic heterocycles. The Kier molecular flexibility index (Phi) is 5.97. The highest BCUT2D eigenvalue weighted by molar-refractivity contribution is 8.00. The van der Waals surface area contributed by atoms with E-state index in [2.05, 4.69) is 93.4 Å². The van der Waals surface area contributed by atoms with Gasteiger partial charge in [0.2, 0.25) is 0 Å². The minimum absolute atomic E-state index is 1.02. The van der Waals surface area contributed by atoms with Gasteiger partial charge in [0.15, 0.2) is 0 Å². The molecule has 1 saturated heterocycles. The second kappa shape index (κ2) is 8.98. The predicted molar refractivity (Wildman–Crippen MR) is 116 cm³/mol. The normalized spacial score (nSPS) is 14.9. The molecule has 0 saturated carbocycles. The van der Waals surface area contributed by atoms with Gasteiger partial charge in [0, 0.05) is 49.0 Å². The van der Waals surface area contributed by atoms with Crippen molar-refractivity contribution in [2.75, 3.05) is 35.8 Å². The van der Waals surface area contributed by atoms with Crippen LogP contribution in [0.2, 0.25) is 0 Å². The maximum atomic E-state index is 3.41. The lowest BCUT2D eigenvalue weighted by Crippen LogP contribution is -2.45. The van der Waals surface area contributed by atoms with Crippen LogP contribution in [0.15, 0.2) is 89.8 Å². The van der Waals surface area contributed by atoms with Crippen LogP contribution in [0.1, 0.15) is 5.56 Å². The van der Waals surface area contributed by atoms with Crippen molar-refractivity contribution in [2.24, 2.45) is 0 Å². The van der Waals surface area contributed by atoms with E-state index in [1.165, 1.54) is 16.1 Å². The van der Waals surface area contributed by atoms with Gasteiger partial charge < -0.3 is 9.62 Å². The van der Waals surface area contributed by atoms with Gasteiger partial charge in [0.25, 0.3) is 0 Å². The maximum Gasteiger partial charge on any atom is 0.0443 e. The van der Waals surface area contributed by atoms with Gasteiger partial charge in [-0.3, -0.25) is 4.90 Å². The molecule has 0 radical (unpaired) electrons. The number of rotatable bonds is 6. The van der Waals surface area contributed by atoms with Crippen molar-refractivity contribution in [2.45, 2.75) is 11.4 Å². The summed E-state index contributed by atoms with van der Waals surface area (Å²) >= 11 is 1.65. The Bertz CT molecular complexity index is 813. The second-order valence-corrected chi connectivity index (χ2v) is 7.69. The molecule has 0 atom stereocenters. The van der Waals surface area contributed by atoms with Crippen LogP contribution in [-0.4, -0.2) is 31.1 Å². The number of anilines is 2. The molecule has 0 aliphatic carbocycles. The molecule has 1 N–H and O–H groups in total. The third-order valence-corrected chi connectivity index (χ3v) is 5.73. The van der Waals surface area contributed by atoms with Crippen LogP contribution in [0, 0.1) is 0 Å². The van der Waals surface area contributed by atoms with E-state index in [4.69, 9.17) is 0 Å². The van der Waals surface area contributed by atoms with Crippen molar-refractivity contribution in [1.82, 2.24) is 4.90 Å². The number of para-hydroxylation sites is 1. The standard InChI is InChI=1S/C23H25N3S/c1-3-7-22(8-4-1)26-17-15-25(16-18-26)19-20-11-13-21(14-12-20)24-27-23-9-5-2-6-10-23/h1-14,24H,15-19H2. The van der Waals surface area contributed by atoms with E-state index in [0.29, 0.717) is 0 Å². The minimum atomic E-state index is 1.02. The Morgan fingerprint density at radius 2 is 1.33 bits per heavy atom. The molecule has 0 amide bonds. The summed E-state index contributed by atoms with van der Waals surface area (Å²) in [5, 5.41) is 0. The highest BCUT2D eigenvalue weighted by Gasteiger charge is 2.17. The van der Waals surface area contributed by atoms with Crippen molar-refractivity contribution in [1.29, 1.82) is 0 Å². The molecule has 3 nitrogen and oxygen atoms in total. The molecule has 0 bridgehead atoms. The number of benzene rings is 3. The largest absolute Gasteiger partial charge is 0.369 e. The van der Waals surface area contributed by atoms with Gasteiger partial charge in [-0.15, -0.1) is 0 Å². The van der Waals surface area contributed by atoms with Crippen LogP contribution in [0.5, 0.6) is 0 Å². The van der Waals surface area contributed by atoms with Crippen molar-refractivity contribution in [3.05, 3.63) is 90.5 Å². The topological polar surface area (TPSA) is 18.5 Å². The summed E-state index contributed by atoms with van der Waals surface area (Å²) in [7, 11) is 0. The summed E-state index contributed by atoms with van der Waals surface area (Å²) < 4.78 is 3.41. The molecule has 4 heteroatoms. The van der Waals surface area contributed by atoms with Crippen molar-refractivity contribution in [3.8, 4) is 0 Å². The molecule has 3 aromatic carbocycles. The van der Waals surface area contributed by atoms with Crippen LogP contribution in [0.25, 0.3) is 0 Å². The third kappa shape index (κ3) is 5.06. The molecule has 1 heterocycles. The molecular weight excluding hydrogens is 350 g/mol. The third-order valence-electron chi connectivity index (χ3n) is 4.88. The van der Waals surface area contributed by atoms with E-state index in [9.17, 15) is 0 Å². The van der Waals surface area contributed by atoms with Crippen LogP contribution < -0.4 is 9.62 Å². The Labute approximate surface area is 166 Å². The number of nitrogens with one attached hydrogen (secondary N) is 1. The van der Waals surface area contributed by atoms with E-state index in [1.54, 1.807) is 11.9 Å². The summed E-state index contributed by atoms with van der Waals surface area (Å²) in [6.45, 7) is 5.43. The molecule has 0 unspecified atom stereocenters. The first-order valence-corrected chi connectivity index (χ1v) is 10.3. The fourth-order valence-electron chi connectivity index (χ4n) is 3.35. The lowest BCUT2D eigenvalue weighted by atomic mass is 10.1.